The first kappa shape index (κ1) is 9.12. The molecular weight excluding hydrogens is 224 g/mol. The molecular formula is C7H7BrN2O2. The fraction of sp³-hybridized carbons (Fsp3) is 0.286. The third-order valence-corrected chi connectivity index (χ3v) is 2.04. The molecule has 0 spiro atoms. The van der Waals surface area contributed by atoms with Crippen molar-refractivity contribution < 1.29 is 4.92 Å². The van der Waals surface area contributed by atoms with E-state index in [2.05, 4.69) is 20.9 Å². The molecule has 4 nitrogen and oxygen atoms in total. The van der Waals surface area contributed by atoms with Gasteiger partial charge in [0.1, 0.15) is 5.69 Å². The molecule has 0 atom stereocenters. The van der Waals surface area contributed by atoms with E-state index >= 15 is 0 Å². The largest absolute Gasteiger partial charge is 0.304 e. The van der Waals surface area contributed by atoms with Gasteiger partial charge in [-0.25, -0.2) is 0 Å². The summed E-state index contributed by atoms with van der Waals surface area (Å²) in [6.07, 6.45) is 0. The van der Waals surface area contributed by atoms with Gasteiger partial charge in [0.25, 0.3) is 0 Å². The van der Waals surface area contributed by atoms with Crippen LogP contribution < -0.4 is 0 Å². The molecule has 64 valence electrons. The molecule has 5 heteroatoms. The normalized spacial score (nSPS) is 9.92. The zero-order valence-electron chi connectivity index (χ0n) is 6.67. The Labute approximate surface area is 77.9 Å². The molecule has 0 aliphatic heterocycles. The summed E-state index contributed by atoms with van der Waals surface area (Å²) in [7, 11) is 0. The van der Waals surface area contributed by atoms with Crippen molar-refractivity contribution in [3.8, 4) is 0 Å². The molecule has 0 N–H and O–H groups in total. The molecule has 0 radical (unpaired) electrons. The molecule has 0 aromatic carbocycles. The Morgan fingerprint density at radius 3 is 2.58 bits per heavy atom. The first-order valence-electron chi connectivity index (χ1n) is 3.30. The third-order valence-electron chi connectivity index (χ3n) is 1.43. The van der Waals surface area contributed by atoms with E-state index in [-0.39, 0.29) is 5.69 Å². The smallest absolute Gasteiger partial charge is 0.258 e. The van der Waals surface area contributed by atoms with Gasteiger partial charge in [0.2, 0.25) is 0 Å². The van der Waals surface area contributed by atoms with Crippen LogP contribution in [-0.4, -0.2) is 9.91 Å². The molecule has 0 fully saturated rings. The molecule has 1 heterocycles. The number of rotatable bonds is 1. The number of nitro groups is 1. The summed E-state index contributed by atoms with van der Waals surface area (Å²) in [4.78, 5) is 14.0. The van der Waals surface area contributed by atoms with Gasteiger partial charge >= 0.3 is 5.69 Å². The van der Waals surface area contributed by atoms with E-state index in [4.69, 9.17) is 0 Å². The summed E-state index contributed by atoms with van der Waals surface area (Å²) >= 11 is 3.12. The molecule has 1 aromatic heterocycles. The Kier molecular flexibility index (Phi) is 2.42. The van der Waals surface area contributed by atoms with Crippen molar-refractivity contribution in [1.82, 2.24) is 4.98 Å². The van der Waals surface area contributed by atoms with E-state index in [0.29, 0.717) is 10.2 Å². The van der Waals surface area contributed by atoms with Crippen LogP contribution in [0.1, 0.15) is 11.4 Å². The zero-order chi connectivity index (χ0) is 9.30. The Morgan fingerprint density at radius 2 is 2.17 bits per heavy atom. The minimum Gasteiger partial charge on any atom is -0.258 e. The van der Waals surface area contributed by atoms with Gasteiger partial charge in [-0.05, 0) is 35.8 Å². The third kappa shape index (κ3) is 1.61. The van der Waals surface area contributed by atoms with Crippen molar-refractivity contribution in [3.05, 3.63) is 32.0 Å². The van der Waals surface area contributed by atoms with Gasteiger partial charge in [-0.15, -0.1) is 0 Å². The van der Waals surface area contributed by atoms with Crippen LogP contribution in [0.25, 0.3) is 0 Å². The highest BCUT2D eigenvalue weighted by Gasteiger charge is 2.16. The van der Waals surface area contributed by atoms with Crippen LogP contribution in [0.15, 0.2) is 10.5 Å². The predicted molar refractivity (Wildman–Crippen MR) is 48.1 cm³/mol. The summed E-state index contributed by atoms with van der Waals surface area (Å²) in [5.41, 5.74) is 1.25. The van der Waals surface area contributed by atoms with Gasteiger partial charge in [-0.2, -0.15) is 0 Å². The van der Waals surface area contributed by atoms with Gasteiger partial charge in [-0.3, -0.25) is 15.1 Å². The maximum Gasteiger partial charge on any atom is 0.304 e. The topological polar surface area (TPSA) is 56.0 Å². The van der Waals surface area contributed by atoms with Crippen molar-refractivity contribution >= 4 is 21.6 Å². The van der Waals surface area contributed by atoms with Crippen molar-refractivity contribution in [2.75, 3.05) is 0 Å². The van der Waals surface area contributed by atoms with Crippen LogP contribution in [0.5, 0.6) is 0 Å². The molecule has 0 saturated carbocycles. The van der Waals surface area contributed by atoms with Crippen LogP contribution in [-0.2, 0) is 0 Å². The number of aryl methyl sites for hydroxylation is 2. The lowest BCUT2D eigenvalue weighted by atomic mass is 10.3. The molecule has 1 aromatic rings. The predicted octanol–water partition coefficient (Wildman–Crippen LogP) is 2.37. The highest BCUT2D eigenvalue weighted by Crippen LogP contribution is 2.27. The van der Waals surface area contributed by atoms with Gasteiger partial charge in [0.05, 0.1) is 9.40 Å². The lowest BCUT2D eigenvalue weighted by molar-refractivity contribution is -0.386. The van der Waals surface area contributed by atoms with E-state index < -0.39 is 4.92 Å². The first-order chi connectivity index (χ1) is 5.52. The van der Waals surface area contributed by atoms with E-state index in [1.807, 2.05) is 0 Å². The molecule has 0 amide bonds. The highest BCUT2D eigenvalue weighted by atomic mass is 79.9. The number of halogens is 1. The fourth-order valence-corrected chi connectivity index (χ4v) is 1.76. The van der Waals surface area contributed by atoms with Gasteiger partial charge in [-0.1, -0.05) is 0 Å². The lowest BCUT2D eigenvalue weighted by Gasteiger charge is -1.99. The average Bonchev–Trinajstić information content (AvgIpc) is 1.82. The summed E-state index contributed by atoms with van der Waals surface area (Å²) in [5.74, 6) is 0. The van der Waals surface area contributed by atoms with Gasteiger partial charge < -0.3 is 0 Å². The van der Waals surface area contributed by atoms with Crippen molar-refractivity contribution in [2.45, 2.75) is 13.8 Å². The first-order valence-corrected chi connectivity index (χ1v) is 4.10. The Balaban J connectivity index is 3.38. The van der Waals surface area contributed by atoms with Gasteiger partial charge in [0.15, 0.2) is 0 Å². The highest BCUT2D eigenvalue weighted by molar-refractivity contribution is 9.10. The van der Waals surface area contributed by atoms with Crippen LogP contribution >= 0.6 is 15.9 Å². The Morgan fingerprint density at radius 1 is 1.58 bits per heavy atom. The van der Waals surface area contributed by atoms with Crippen LogP contribution in [0, 0.1) is 24.0 Å². The number of nitrogens with zero attached hydrogens (tertiary/aromatic N) is 2. The fourth-order valence-electron chi connectivity index (χ4n) is 0.994. The summed E-state index contributed by atoms with van der Waals surface area (Å²) in [5, 5.41) is 10.5. The number of aromatic nitrogens is 1. The van der Waals surface area contributed by atoms with Crippen molar-refractivity contribution in [3.63, 3.8) is 0 Å². The maximum atomic E-state index is 10.5. The number of hydrogen-bond acceptors (Lipinski definition) is 3. The number of hydrogen-bond donors (Lipinski definition) is 0. The molecule has 1 rings (SSSR count). The minimum absolute atomic E-state index is 0.0422. The standard InChI is InChI=1S/C7H7BrN2O2/c1-4-3-6(8)7(10(11)12)5(2)9-4/h3H,1-2H3. The van der Waals surface area contributed by atoms with Crippen molar-refractivity contribution in [1.29, 1.82) is 0 Å². The minimum atomic E-state index is -0.439. The van der Waals surface area contributed by atoms with E-state index in [0.717, 1.165) is 5.69 Å². The van der Waals surface area contributed by atoms with E-state index in [9.17, 15) is 10.1 Å². The maximum absolute atomic E-state index is 10.5. The van der Waals surface area contributed by atoms with Crippen LogP contribution in [0.4, 0.5) is 5.69 Å². The molecule has 0 saturated heterocycles. The quantitative estimate of drug-likeness (QED) is 0.550. The van der Waals surface area contributed by atoms with E-state index in [1.165, 1.54) is 0 Å². The molecule has 0 aliphatic carbocycles. The second-order valence-corrected chi connectivity index (χ2v) is 3.29. The Hall–Kier alpha value is -0.970. The second-order valence-electron chi connectivity index (χ2n) is 2.44. The lowest BCUT2D eigenvalue weighted by Crippen LogP contribution is -1.96. The summed E-state index contributed by atoms with van der Waals surface area (Å²) in [6.45, 7) is 3.41. The van der Waals surface area contributed by atoms with Crippen molar-refractivity contribution in [2.24, 2.45) is 0 Å². The summed E-state index contributed by atoms with van der Waals surface area (Å²) < 4.78 is 0.484. The zero-order valence-corrected chi connectivity index (χ0v) is 8.25. The molecule has 0 bridgehead atoms. The molecule has 0 aliphatic rings. The molecule has 12 heavy (non-hydrogen) atoms. The average molecular weight is 231 g/mol. The monoisotopic (exact) mass is 230 g/mol. The van der Waals surface area contributed by atoms with Crippen LogP contribution in [0.2, 0.25) is 0 Å². The van der Waals surface area contributed by atoms with Gasteiger partial charge in [0, 0.05) is 5.69 Å². The SMILES string of the molecule is Cc1cc(Br)c([N+](=O)[O-])c(C)n1. The molecule has 0 unspecified atom stereocenters. The van der Waals surface area contributed by atoms with Crippen LogP contribution in [0.3, 0.4) is 0 Å². The summed E-state index contributed by atoms with van der Waals surface area (Å²) in [6, 6.07) is 1.63. The van der Waals surface area contributed by atoms with E-state index in [1.54, 1.807) is 19.9 Å². The number of pyridine rings is 1. The Bertz CT molecular complexity index is 315. The second kappa shape index (κ2) is 3.18.